The molecule has 10 heteroatoms. The molecule has 0 spiro atoms. The zero-order valence-corrected chi connectivity index (χ0v) is 15.7. The lowest BCUT2D eigenvalue weighted by molar-refractivity contribution is -0.385. The molecule has 2 heterocycles. The fraction of sp³-hybridized carbons (Fsp3) is 0.600. The van der Waals surface area contributed by atoms with E-state index in [4.69, 9.17) is 0 Å². The quantitative estimate of drug-likeness (QED) is 0.608. The van der Waals surface area contributed by atoms with E-state index >= 15 is 0 Å². The van der Waals surface area contributed by atoms with Crippen LogP contribution in [-0.4, -0.2) is 67.9 Å². The van der Waals surface area contributed by atoms with Gasteiger partial charge in [-0.05, 0) is 19.4 Å². The number of hydrogen-bond donors (Lipinski definition) is 1. The van der Waals surface area contributed by atoms with Crippen molar-refractivity contribution in [2.75, 3.05) is 39.3 Å². The molecular formula is C15H23ClN4O4S. The summed E-state index contributed by atoms with van der Waals surface area (Å²) in [5, 5.41) is 14.4. The number of sulfonamides is 1. The van der Waals surface area contributed by atoms with E-state index in [1.807, 2.05) is 0 Å². The Balaban J connectivity index is 0.00000225. The van der Waals surface area contributed by atoms with Crippen LogP contribution < -0.4 is 5.32 Å². The van der Waals surface area contributed by atoms with E-state index < -0.39 is 14.9 Å². The lowest BCUT2D eigenvalue weighted by atomic mass is 10.2. The SMILES string of the molecule is Cc1c([N+](=O)[O-])cccc1S(=O)(=O)N1CCC(N2CCNCC2)C1.Cl. The maximum atomic E-state index is 12.9. The van der Waals surface area contributed by atoms with Crippen molar-refractivity contribution in [2.24, 2.45) is 0 Å². The number of nitrogens with zero attached hydrogens (tertiary/aromatic N) is 3. The molecule has 2 fully saturated rings. The van der Waals surface area contributed by atoms with Crippen LogP contribution in [0.15, 0.2) is 23.1 Å². The molecule has 0 amide bonds. The van der Waals surface area contributed by atoms with Gasteiger partial charge in [0.05, 0.1) is 9.82 Å². The van der Waals surface area contributed by atoms with E-state index in [0.717, 1.165) is 32.6 Å². The molecule has 2 aliphatic heterocycles. The molecular weight excluding hydrogens is 368 g/mol. The highest BCUT2D eigenvalue weighted by molar-refractivity contribution is 7.89. The molecule has 1 unspecified atom stereocenters. The normalized spacial score (nSPS) is 22.5. The van der Waals surface area contributed by atoms with Gasteiger partial charge >= 0.3 is 0 Å². The van der Waals surface area contributed by atoms with Gasteiger partial charge in [0.25, 0.3) is 5.69 Å². The van der Waals surface area contributed by atoms with Gasteiger partial charge in [0.2, 0.25) is 10.0 Å². The molecule has 0 bridgehead atoms. The summed E-state index contributed by atoms with van der Waals surface area (Å²) in [5.74, 6) is 0. The van der Waals surface area contributed by atoms with E-state index in [1.165, 1.54) is 29.4 Å². The van der Waals surface area contributed by atoms with E-state index in [9.17, 15) is 18.5 Å². The molecule has 1 atom stereocenters. The number of benzene rings is 1. The monoisotopic (exact) mass is 390 g/mol. The van der Waals surface area contributed by atoms with Crippen LogP contribution in [0.5, 0.6) is 0 Å². The fourth-order valence-electron chi connectivity index (χ4n) is 3.49. The lowest BCUT2D eigenvalue weighted by Gasteiger charge is -2.32. The predicted octanol–water partition coefficient (Wildman–Crippen LogP) is 0.993. The minimum atomic E-state index is -3.71. The summed E-state index contributed by atoms with van der Waals surface area (Å²) in [6.07, 6.45) is 0.799. The first kappa shape index (κ1) is 20.1. The average molecular weight is 391 g/mol. The Morgan fingerprint density at radius 2 is 1.92 bits per heavy atom. The zero-order valence-electron chi connectivity index (χ0n) is 14.1. The van der Waals surface area contributed by atoms with Gasteiger partial charge in [-0.3, -0.25) is 15.0 Å². The van der Waals surface area contributed by atoms with Crippen LogP contribution in [0.25, 0.3) is 0 Å². The third kappa shape index (κ3) is 3.95. The van der Waals surface area contributed by atoms with Gasteiger partial charge in [0.15, 0.2) is 0 Å². The summed E-state index contributed by atoms with van der Waals surface area (Å²) >= 11 is 0. The van der Waals surface area contributed by atoms with E-state index in [1.54, 1.807) is 0 Å². The highest BCUT2D eigenvalue weighted by Gasteiger charge is 2.37. The summed E-state index contributed by atoms with van der Waals surface area (Å²) < 4.78 is 27.3. The highest BCUT2D eigenvalue weighted by atomic mass is 35.5. The number of halogens is 1. The Morgan fingerprint density at radius 3 is 2.56 bits per heavy atom. The second-order valence-electron chi connectivity index (χ2n) is 6.25. The minimum Gasteiger partial charge on any atom is -0.314 e. The maximum Gasteiger partial charge on any atom is 0.273 e. The molecule has 2 saturated heterocycles. The van der Waals surface area contributed by atoms with Gasteiger partial charge in [0.1, 0.15) is 0 Å². The smallest absolute Gasteiger partial charge is 0.273 e. The molecule has 1 aromatic carbocycles. The van der Waals surface area contributed by atoms with Crippen molar-refractivity contribution in [1.82, 2.24) is 14.5 Å². The predicted molar refractivity (Wildman–Crippen MR) is 96.7 cm³/mol. The molecule has 1 aromatic rings. The van der Waals surface area contributed by atoms with E-state index in [0.29, 0.717) is 13.1 Å². The van der Waals surface area contributed by atoms with E-state index in [2.05, 4.69) is 10.2 Å². The van der Waals surface area contributed by atoms with Crippen molar-refractivity contribution in [1.29, 1.82) is 0 Å². The van der Waals surface area contributed by atoms with Gasteiger partial charge in [-0.2, -0.15) is 4.31 Å². The summed E-state index contributed by atoms with van der Waals surface area (Å²) in [6, 6.07) is 4.44. The minimum absolute atomic E-state index is 0. The Bertz CT molecular complexity index is 737. The van der Waals surface area contributed by atoms with Crippen molar-refractivity contribution in [3.05, 3.63) is 33.9 Å². The Hall–Kier alpha value is -1.26. The number of nitro groups is 1. The molecule has 0 aromatic heterocycles. The van der Waals surface area contributed by atoms with Crippen LogP contribution in [0.4, 0.5) is 5.69 Å². The molecule has 0 aliphatic carbocycles. The first-order valence-electron chi connectivity index (χ1n) is 8.10. The Labute approximate surface area is 153 Å². The third-order valence-electron chi connectivity index (χ3n) is 4.86. The van der Waals surface area contributed by atoms with Crippen LogP contribution in [0.1, 0.15) is 12.0 Å². The topological polar surface area (TPSA) is 95.8 Å². The largest absolute Gasteiger partial charge is 0.314 e. The second-order valence-corrected chi connectivity index (χ2v) is 8.16. The molecule has 0 saturated carbocycles. The van der Waals surface area contributed by atoms with E-state index in [-0.39, 0.29) is 34.6 Å². The molecule has 8 nitrogen and oxygen atoms in total. The van der Waals surface area contributed by atoms with Crippen LogP contribution in [0.3, 0.4) is 0 Å². The Morgan fingerprint density at radius 1 is 1.24 bits per heavy atom. The summed E-state index contributed by atoms with van der Waals surface area (Å²) in [5.41, 5.74) is 0.0436. The van der Waals surface area contributed by atoms with Crippen molar-refractivity contribution < 1.29 is 13.3 Å². The van der Waals surface area contributed by atoms with Gasteiger partial charge in [-0.25, -0.2) is 8.42 Å². The molecule has 140 valence electrons. The molecule has 2 aliphatic rings. The highest BCUT2D eigenvalue weighted by Crippen LogP contribution is 2.29. The van der Waals surface area contributed by atoms with Crippen LogP contribution >= 0.6 is 12.4 Å². The number of nitrogens with one attached hydrogen (secondary N) is 1. The Kier molecular flexibility index (Phi) is 6.39. The number of rotatable bonds is 4. The van der Waals surface area contributed by atoms with Gasteiger partial charge < -0.3 is 5.32 Å². The van der Waals surface area contributed by atoms with Crippen molar-refractivity contribution >= 4 is 28.1 Å². The first-order chi connectivity index (χ1) is 11.4. The van der Waals surface area contributed by atoms with Crippen molar-refractivity contribution in [2.45, 2.75) is 24.3 Å². The van der Waals surface area contributed by atoms with Crippen molar-refractivity contribution in [3.8, 4) is 0 Å². The van der Waals surface area contributed by atoms with Gasteiger partial charge in [0, 0.05) is 56.9 Å². The summed E-state index contributed by atoms with van der Waals surface area (Å²) in [6.45, 7) is 6.10. The standard InChI is InChI=1S/C15H22N4O4S.ClH/c1-12-14(19(20)21)3-2-4-15(12)24(22,23)18-8-5-13(11-18)17-9-6-16-7-10-17;/h2-4,13,16H,5-11H2,1H3;1H. The van der Waals surface area contributed by atoms with Gasteiger partial charge in [-0.1, -0.05) is 6.07 Å². The number of nitro benzene ring substituents is 1. The van der Waals surface area contributed by atoms with Crippen molar-refractivity contribution in [3.63, 3.8) is 0 Å². The zero-order chi connectivity index (χ0) is 17.3. The lowest BCUT2D eigenvalue weighted by Crippen LogP contribution is -2.49. The summed E-state index contributed by atoms with van der Waals surface area (Å²) in [7, 11) is -3.71. The van der Waals surface area contributed by atoms with Gasteiger partial charge in [-0.15, -0.1) is 12.4 Å². The maximum absolute atomic E-state index is 12.9. The number of hydrogen-bond acceptors (Lipinski definition) is 6. The van der Waals surface area contributed by atoms with Crippen LogP contribution in [-0.2, 0) is 10.0 Å². The summed E-state index contributed by atoms with van der Waals surface area (Å²) in [4.78, 5) is 12.9. The average Bonchev–Trinajstić information content (AvgIpc) is 3.06. The fourth-order valence-corrected chi connectivity index (χ4v) is 5.23. The van der Waals surface area contributed by atoms with Crippen LogP contribution in [0.2, 0.25) is 0 Å². The first-order valence-corrected chi connectivity index (χ1v) is 9.54. The molecule has 0 radical (unpaired) electrons. The second kappa shape index (κ2) is 7.96. The number of piperazine rings is 1. The molecule has 3 rings (SSSR count). The molecule has 1 N–H and O–H groups in total. The molecule has 25 heavy (non-hydrogen) atoms. The van der Waals surface area contributed by atoms with Crippen LogP contribution in [0, 0.1) is 17.0 Å². The third-order valence-corrected chi connectivity index (χ3v) is 6.87.